The van der Waals surface area contributed by atoms with E-state index in [0.717, 1.165) is 13.1 Å². The van der Waals surface area contributed by atoms with Crippen molar-refractivity contribution in [2.45, 2.75) is 51.3 Å². The van der Waals surface area contributed by atoms with Gasteiger partial charge in [0.05, 0.1) is 0 Å². The van der Waals surface area contributed by atoms with Gasteiger partial charge in [0.15, 0.2) is 0 Å². The zero-order valence-electron chi connectivity index (χ0n) is 10.9. The summed E-state index contributed by atoms with van der Waals surface area (Å²) in [7, 11) is 0. The Balaban J connectivity index is 1.63. The largest absolute Gasteiger partial charge is 0.444 e. The third kappa shape index (κ3) is 1.92. The summed E-state index contributed by atoms with van der Waals surface area (Å²) in [5.41, 5.74) is -0.383. The maximum Gasteiger partial charge on any atom is 0.410 e. The molecule has 0 aromatic rings. The Kier molecular flexibility index (Phi) is 2.41. The molecule has 3 aliphatic rings. The van der Waals surface area contributed by atoms with Crippen molar-refractivity contribution in [2.75, 3.05) is 13.1 Å². The van der Waals surface area contributed by atoms with Gasteiger partial charge in [0.1, 0.15) is 5.60 Å². The number of amides is 1. The second-order valence-electron chi connectivity index (χ2n) is 6.67. The van der Waals surface area contributed by atoms with Crippen molar-refractivity contribution in [3.05, 3.63) is 0 Å². The molecule has 2 unspecified atom stereocenters. The van der Waals surface area contributed by atoms with Gasteiger partial charge in [-0.2, -0.15) is 0 Å². The van der Waals surface area contributed by atoms with Gasteiger partial charge < -0.3 is 15.0 Å². The van der Waals surface area contributed by atoms with E-state index in [2.05, 4.69) is 5.32 Å². The number of nitrogens with zero attached hydrogens (tertiary/aromatic N) is 1. The quantitative estimate of drug-likeness (QED) is 0.697. The van der Waals surface area contributed by atoms with Crippen LogP contribution in [0.3, 0.4) is 0 Å². The normalized spacial score (nSPS) is 39.6. The summed E-state index contributed by atoms with van der Waals surface area (Å²) in [6.45, 7) is 7.54. The molecule has 1 N–H and O–H groups in total. The number of carbonyl (C=O) groups is 1. The standard InChI is InChI=1S/C13H22N2O2/c1-13(2,3)17-12(16)15-6-8-9(7-15)11-5-4-10(8)14-11/h8-11,14H,4-7H2,1-3H3/t8-,9+,10?,11?. The first-order chi connectivity index (χ1) is 7.94. The number of ether oxygens (including phenoxy) is 1. The van der Waals surface area contributed by atoms with Crippen LogP contribution in [-0.4, -0.2) is 41.8 Å². The molecular formula is C13H22N2O2. The van der Waals surface area contributed by atoms with Gasteiger partial charge in [-0.15, -0.1) is 0 Å². The fourth-order valence-electron chi connectivity index (χ4n) is 3.66. The van der Waals surface area contributed by atoms with E-state index >= 15 is 0 Å². The topological polar surface area (TPSA) is 41.6 Å². The van der Waals surface area contributed by atoms with Gasteiger partial charge >= 0.3 is 6.09 Å². The minimum Gasteiger partial charge on any atom is -0.444 e. The van der Waals surface area contributed by atoms with Crippen LogP contribution < -0.4 is 5.32 Å². The Hall–Kier alpha value is -0.770. The highest BCUT2D eigenvalue weighted by atomic mass is 16.6. The van der Waals surface area contributed by atoms with E-state index in [9.17, 15) is 4.79 Å². The number of likely N-dealkylation sites (tertiary alicyclic amines) is 1. The molecule has 4 atom stereocenters. The summed E-state index contributed by atoms with van der Waals surface area (Å²) in [4.78, 5) is 13.9. The number of nitrogens with one attached hydrogen (secondary N) is 1. The summed E-state index contributed by atoms with van der Waals surface area (Å²) < 4.78 is 5.44. The van der Waals surface area contributed by atoms with Gasteiger partial charge in [-0.25, -0.2) is 4.79 Å². The lowest BCUT2D eigenvalue weighted by molar-refractivity contribution is 0.0278. The van der Waals surface area contributed by atoms with Gasteiger partial charge in [0.2, 0.25) is 0 Å². The van der Waals surface area contributed by atoms with Crippen LogP contribution >= 0.6 is 0 Å². The average molecular weight is 238 g/mol. The molecule has 96 valence electrons. The molecule has 0 aliphatic carbocycles. The maximum atomic E-state index is 12.0. The molecule has 0 saturated carbocycles. The zero-order valence-corrected chi connectivity index (χ0v) is 10.9. The molecule has 3 saturated heterocycles. The summed E-state index contributed by atoms with van der Waals surface area (Å²) in [6.07, 6.45) is 2.44. The van der Waals surface area contributed by atoms with Gasteiger partial charge in [0, 0.05) is 25.2 Å². The predicted octanol–water partition coefficient (Wildman–Crippen LogP) is 1.60. The molecule has 0 spiro atoms. The average Bonchev–Trinajstić information content (AvgIpc) is 2.87. The first-order valence-corrected chi connectivity index (χ1v) is 6.68. The number of carbonyl (C=O) groups excluding carboxylic acids is 1. The highest BCUT2D eigenvalue weighted by Gasteiger charge is 2.52. The fraction of sp³-hybridized carbons (Fsp3) is 0.923. The van der Waals surface area contributed by atoms with Crippen LogP contribution in [-0.2, 0) is 4.74 Å². The van der Waals surface area contributed by atoms with E-state index < -0.39 is 0 Å². The van der Waals surface area contributed by atoms with Crippen molar-refractivity contribution in [1.82, 2.24) is 10.2 Å². The van der Waals surface area contributed by atoms with E-state index in [1.165, 1.54) is 12.8 Å². The number of hydrogen-bond donors (Lipinski definition) is 1. The third-order valence-corrected chi connectivity index (χ3v) is 4.31. The van der Waals surface area contributed by atoms with Crippen LogP contribution in [0.1, 0.15) is 33.6 Å². The van der Waals surface area contributed by atoms with Crippen LogP contribution in [0.5, 0.6) is 0 Å². The molecule has 0 radical (unpaired) electrons. The zero-order chi connectivity index (χ0) is 12.2. The molecule has 2 bridgehead atoms. The lowest BCUT2D eigenvalue weighted by atomic mass is 9.82. The highest BCUT2D eigenvalue weighted by molar-refractivity contribution is 5.68. The monoisotopic (exact) mass is 238 g/mol. The minimum atomic E-state index is -0.383. The van der Waals surface area contributed by atoms with Crippen molar-refractivity contribution in [3.8, 4) is 0 Å². The Bertz CT molecular complexity index is 319. The SMILES string of the molecule is CC(C)(C)OC(=O)N1C[C@@H]2C3CCC(N3)[C@@H]2C1. The summed E-state index contributed by atoms with van der Waals surface area (Å²) >= 11 is 0. The Morgan fingerprint density at radius 3 is 2.18 bits per heavy atom. The Morgan fingerprint density at radius 2 is 1.71 bits per heavy atom. The first kappa shape index (κ1) is 11.3. The number of hydrogen-bond acceptors (Lipinski definition) is 3. The predicted molar refractivity (Wildman–Crippen MR) is 64.7 cm³/mol. The Labute approximate surface area is 103 Å². The molecule has 0 aromatic heterocycles. The summed E-state index contributed by atoms with van der Waals surface area (Å²) in [5, 5.41) is 3.66. The third-order valence-electron chi connectivity index (χ3n) is 4.31. The molecule has 4 heteroatoms. The fourth-order valence-corrected chi connectivity index (χ4v) is 3.66. The number of fused-ring (bicyclic) bond motifs is 5. The number of rotatable bonds is 0. The minimum absolute atomic E-state index is 0.133. The van der Waals surface area contributed by atoms with E-state index in [1.54, 1.807) is 0 Å². The van der Waals surface area contributed by atoms with Crippen molar-refractivity contribution in [1.29, 1.82) is 0 Å². The lowest BCUT2D eigenvalue weighted by Crippen LogP contribution is -2.38. The van der Waals surface area contributed by atoms with Gasteiger partial charge in [0.25, 0.3) is 0 Å². The van der Waals surface area contributed by atoms with Crippen LogP contribution in [0.2, 0.25) is 0 Å². The van der Waals surface area contributed by atoms with Crippen LogP contribution in [0, 0.1) is 11.8 Å². The highest BCUT2D eigenvalue weighted by Crippen LogP contribution is 2.43. The summed E-state index contributed by atoms with van der Waals surface area (Å²) in [6, 6.07) is 1.30. The van der Waals surface area contributed by atoms with Crippen molar-refractivity contribution < 1.29 is 9.53 Å². The molecule has 3 aliphatic heterocycles. The molecule has 1 amide bonds. The first-order valence-electron chi connectivity index (χ1n) is 6.68. The second kappa shape index (κ2) is 3.61. The van der Waals surface area contributed by atoms with E-state index in [1.807, 2.05) is 25.7 Å². The second-order valence-corrected chi connectivity index (χ2v) is 6.67. The Morgan fingerprint density at radius 1 is 1.18 bits per heavy atom. The molecule has 3 fully saturated rings. The van der Waals surface area contributed by atoms with Gasteiger partial charge in [-0.3, -0.25) is 0 Å². The van der Waals surface area contributed by atoms with Crippen LogP contribution in [0.25, 0.3) is 0 Å². The molecule has 3 rings (SSSR count). The van der Waals surface area contributed by atoms with Crippen LogP contribution in [0.15, 0.2) is 0 Å². The van der Waals surface area contributed by atoms with Crippen LogP contribution in [0.4, 0.5) is 4.79 Å². The summed E-state index contributed by atoms with van der Waals surface area (Å²) in [5.74, 6) is 1.34. The van der Waals surface area contributed by atoms with E-state index in [4.69, 9.17) is 4.74 Å². The molecule has 4 nitrogen and oxygen atoms in total. The smallest absolute Gasteiger partial charge is 0.410 e. The maximum absolute atomic E-state index is 12.0. The van der Waals surface area contributed by atoms with Gasteiger partial charge in [-0.05, 0) is 45.4 Å². The van der Waals surface area contributed by atoms with E-state index in [-0.39, 0.29) is 11.7 Å². The molecule has 3 heterocycles. The lowest BCUT2D eigenvalue weighted by Gasteiger charge is -2.25. The van der Waals surface area contributed by atoms with E-state index in [0.29, 0.717) is 23.9 Å². The van der Waals surface area contributed by atoms with Crippen molar-refractivity contribution in [2.24, 2.45) is 11.8 Å². The van der Waals surface area contributed by atoms with Crippen molar-refractivity contribution in [3.63, 3.8) is 0 Å². The molecular weight excluding hydrogens is 216 g/mol. The van der Waals surface area contributed by atoms with Crippen molar-refractivity contribution >= 4 is 6.09 Å². The van der Waals surface area contributed by atoms with Gasteiger partial charge in [-0.1, -0.05) is 0 Å². The molecule has 17 heavy (non-hydrogen) atoms. The molecule has 0 aromatic carbocycles.